The molecular weight excluding hydrogens is 336 g/mol. The third-order valence-electron chi connectivity index (χ3n) is 4.34. The molecule has 0 aliphatic carbocycles. The van der Waals surface area contributed by atoms with Crippen LogP contribution in [0.2, 0.25) is 0 Å². The molecule has 0 amide bonds. The van der Waals surface area contributed by atoms with Gasteiger partial charge in [0.05, 0.1) is 27.8 Å². The van der Waals surface area contributed by atoms with Gasteiger partial charge in [-0.1, -0.05) is 12.1 Å². The third kappa shape index (κ3) is 2.23. The Morgan fingerprint density at radius 1 is 0.769 bits per heavy atom. The first-order valence-corrected chi connectivity index (χ1v) is 7.89. The normalized spacial score (nSPS) is 11.3. The summed E-state index contributed by atoms with van der Waals surface area (Å²) in [6.45, 7) is 3.63. The van der Waals surface area contributed by atoms with E-state index in [1.54, 1.807) is 31.2 Å². The lowest BCUT2D eigenvalue weighted by molar-refractivity contribution is 0.975. The number of aryl methyl sites for hydroxylation is 2. The topological polar surface area (TPSA) is 121 Å². The number of rotatable bonds is 1. The maximum atomic E-state index is 12.7. The van der Waals surface area contributed by atoms with Gasteiger partial charge < -0.3 is 15.0 Å². The maximum absolute atomic E-state index is 12.7. The Bertz CT molecular complexity index is 1440. The molecule has 3 N–H and O–H groups in total. The van der Waals surface area contributed by atoms with E-state index in [1.807, 2.05) is 13.0 Å². The number of H-pyrrole nitrogens is 3. The minimum Gasteiger partial charge on any atom is -0.316 e. The van der Waals surface area contributed by atoms with Gasteiger partial charge in [0, 0.05) is 0 Å². The summed E-state index contributed by atoms with van der Waals surface area (Å²) in [5.74, 6) is 0. The van der Waals surface area contributed by atoms with Crippen molar-refractivity contribution in [2.75, 3.05) is 0 Å². The Kier molecular flexibility index (Phi) is 3.30. The summed E-state index contributed by atoms with van der Waals surface area (Å²) in [5.41, 5.74) is 0.383. The average molecular weight is 350 g/mol. The van der Waals surface area contributed by atoms with Gasteiger partial charge in [0.1, 0.15) is 0 Å². The zero-order valence-corrected chi connectivity index (χ0v) is 14.0. The lowest BCUT2D eigenvalue weighted by Gasteiger charge is -2.15. The molecule has 130 valence electrons. The molecule has 2 aromatic heterocycles. The van der Waals surface area contributed by atoms with Gasteiger partial charge in [-0.2, -0.15) is 0 Å². The molecule has 8 nitrogen and oxygen atoms in total. The summed E-state index contributed by atoms with van der Waals surface area (Å²) in [4.78, 5) is 55.9. The second-order valence-corrected chi connectivity index (χ2v) is 6.18. The zero-order valence-electron chi connectivity index (χ0n) is 14.0. The maximum Gasteiger partial charge on any atom is 0.321 e. The van der Waals surface area contributed by atoms with E-state index in [-0.39, 0.29) is 5.52 Å². The van der Waals surface area contributed by atoms with Crippen molar-refractivity contribution in [2.45, 2.75) is 13.8 Å². The van der Waals surface area contributed by atoms with E-state index < -0.39 is 22.2 Å². The largest absolute Gasteiger partial charge is 0.321 e. The summed E-state index contributed by atoms with van der Waals surface area (Å²) in [6.07, 6.45) is 0. The molecule has 26 heavy (non-hydrogen) atoms. The molecule has 0 aliphatic rings. The van der Waals surface area contributed by atoms with Gasteiger partial charge in [0.15, 0.2) is 0 Å². The van der Waals surface area contributed by atoms with Gasteiger partial charge in [-0.25, -0.2) is 0 Å². The van der Waals surface area contributed by atoms with Crippen LogP contribution in [0, 0.1) is 13.8 Å². The van der Waals surface area contributed by atoms with Crippen LogP contribution in [0.4, 0.5) is 0 Å². The first kappa shape index (κ1) is 15.8. The van der Waals surface area contributed by atoms with E-state index in [0.717, 1.165) is 5.56 Å². The van der Waals surface area contributed by atoms with Crippen LogP contribution in [-0.2, 0) is 0 Å². The summed E-state index contributed by atoms with van der Waals surface area (Å²) >= 11 is 0. The van der Waals surface area contributed by atoms with E-state index in [4.69, 9.17) is 0 Å². The first-order chi connectivity index (χ1) is 12.4. The number of benzene rings is 2. The molecule has 0 saturated carbocycles. The molecular formula is C18H14N4O4. The Labute approximate surface area is 144 Å². The molecule has 0 atom stereocenters. The van der Waals surface area contributed by atoms with Crippen molar-refractivity contribution in [1.82, 2.24) is 19.5 Å². The molecule has 0 spiro atoms. The standard InChI is InChI=1S/C18H14N4O4/c1-8-3-5-10-12(7-8)22(18(26)17(25)19-10)14-9(2)4-6-11-13(14)21-16(24)15(23)20-11/h3-7H,1-2H3,(H,19,25)(H,20,23)(H,21,24). The molecule has 2 heterocycles. The number of nitrogens with zero attached hydrogens (tertiary/aromatic N) is 1. The van der Waals surface area contributed by atoms with E-state index in [2.05, 4.69) is 15.0 Å². The van der Waals surface area contributed by atoms with Gasteiger partial charge in [0.2, 0.25) is 0 Å². The molecule has 4 rings (SSSR count). The monoisotopic (exact) mass is 350 g/mol. The predicted molar refractivity (Wildman–Crippen MR) is 98.4 cm³/mol. The van der Waals surface area contributed by atoms with E-state index in [9.17, 15) is 19.2 Å². The van der Waals surface area contributed by atoms with Crippen LogP contribution in [0.25, 0.3) is 27.8 Å². The Morgan fingerprint density at radius 2 is 1.42 bits per heavy atom. The van der Waals surface area contributed by atoms with Gasteiger partial charge in [-0.3, -0.25) is 23.7 Å². The molecule has 0 bridgehead atoms. The number of fused-ring (bicyclic) bond motifs is 2. The molecule has 0 unspecified atom stereocenters. The van der Waals surface area contributed by atoms with Crippen LogP contribution >= 0.6 is 0 Å². The second-order valence-electron chi connectivity index (χ2n) is 6.18. The van der Waals surface area contributed by atoms with Crippen LogP contribution in [0.3, 0.4) is 0 Å². The smallest absolute Gasteiger partial charge is 0.316 e. The number of aromatic nitrogens is 4. The molecule has 2 aromatic carbocycles. The average Bonchev–Trinajstić information content (AvgIpc) is 2.59. The van der Waals surface area contributed by atoms with Gasteiger partial charge in [-0.15, -0.1) is 0 Å². The predicted octanol–water partition coefficient (Wildman–Crippen LogP) is 0.826. The van der Waals surface area contributed by atoms with Crippen molar-refractivity contribution < 1.29 is 0 Å². The summed E-state index contributed by atoms with van der Waals surface area (Å²) in [6, 6.07) is 8.66. The van der Waals surface area contributed by atoms with Gasteiger partial charge in [-0.05, 0) is 43.2 Å². The first-order valence-electron chi connectivity index (χ1n) is 7.89. The van der Waals surface area contributed by atoms with E-state index in [0.29, 0.717) is 27.8 Å². The van der Waals surface area contributed by atoms with Crippen LogP contribution in [0.1, 0.15) is 11.1 Å². The van der Waals surface area contributed by atoms with Crippen LogP contribution < -0.4 is 22.2 Å². The van der Waals surface area contributed by atoms with Gasteiger partial charge >= 0.3 is 22.2 Å². The van der Waals surface area contributed by atoms with Crippen LogP contribution in [-0.4, -0.2) is 19.5 Å². The number of aromatic amines is 3. The second kappa shape index (κ2) is 5.41. The van der Waals surface area contributed by atoms with Crippen LogP contribution in [0.5, 0.6) is 0 Å². The molecule has 4 aromatic rings. The van der Waals surface area contributed by atoms with Crippen molar-refractivity contribution in [3.05, 3.63) is 82.9 Å². The summed E-state index contributed by atoms with van der Waals surface area (Å²) < 4.78 is 1.27. The van der Waals surface area contributed by atoms with E-state index >= 15 is 0 Å². The van der Waals surface area contributed by atoms with Crippen molar-refractivity contribution in [1.29, 1.82) is 0 Å². The number of nitrogens with one attached hydrogen (secondary N) is 3. The molecule has 0 radical (unpaired) electrons. The highest BCUT2D eigenvalue weighted by molar-refractivity contribution is 5.88. The number of hydrogen-bond acceptors (Lipinski definition) is 4. The minimum absolute atomic E-state index is 0.283. The molecule has 0 fully saturated rings. The van der Waals surface area contributed by atoms with Crippen LogP contribution in [0.15, 0.2) is 49.5 Å². The highest BCUT2D eigenvalue weighted by Crippen LogP contribution is 2.23. The fourth-order valence-corrected chi connectivity index (χ4v) is 3.10. The lowest BCUT2D eigenvalue weighted by Crippen LogP contribution is -2.36. The molecule has 8 heteroatoms. The van der Waals surface area contributed by atoms with Crippen molar-refractivity contribution in [3.63, 3.8) is 0 Å². The highest BCUT2D eigenvalue weighted by atomic mass is 16.2. The molecule has 0 aliphatic heterocycles. The van der Waals surface area contributed by atoms with Crippen molar-refractivity contribution in [3.8, 4) is 5.69 Å². The Hall–Kier alpha value is -3.68. The quantitative estimate of drug-likeness (QED) is 0.440. The third-order valence-corrected chi connectivity index (χ3v) is 4.34. The fraction of sp³-hybridized carbons (Fsp3) is 0.111. The Morgan fingerprint density at radius 3 is 2.19 bits per heavy atom. The van der Waals surface area contributed by atoms with Crippen molar-refractivity contribution in [2.24, 2.45) is 0 Å². The minimum atomic E-state index is -0.831. The van der Waals surface area contributed by atoms with Gasteiger partial charge in [0.25, 0.3) is 0 Å². The highest BCUT2D eigenvalue weighted by Gasteiger charge is 2.16. The SMILES string of the molecule is Cc1ccc2[nH]c(=O)c(=O)n(-c3c(C)ccc4[nH]c(=O)c(=O)[nH]c34)c2c1. The summed E-state index contributed by atoms with van der Waals surface area (Å²) in [5, 5.41) is 0. The number of hydrogen-bond donors (Lipinski definition) is 3. The van der Waals surface area contributed by atoms with E-state index in [1.165, 1.54) is 4.57 Å². The zero-order chi connectivity index (χ0) is 18.6. The fourth-order valence-electron chi connectivity index (χ4n) is 3.10. The lowest BCUT2D eigenvalue weighted by atomic mass is 10.1. The molecule has 0 saturated heterocycles. The summed E-state index contributed by atoms with van der Waals surface area (Å²) in [7, 11) is 0. The van der Waals surface area contributed by atoms with Crippen molar-refractivity contribution >= 4 is 22.1 Å². The Balaban J connectivity index is 2.32.